The van der Waals surface area contributed by atoms with Crippen molar-refractivity contribution in [1.29, 1.82) is 0 Å². The maximum atomic E-state index is 12.4. The Morgan fingerprint density at radius 3 is 3.14 bits per heavy atom. The van der Waals surface area contributed by atoms with Crippen LogP contribution in [0.2, 0.25) is 0 Å². The summed E-state index contributed by atoms with van der Waals surface area (Å²) < 4.78 is 1.86. The molecule has 3 rings (SSSR count). The number of nitrogens with zero attached hydrogens (tertiary/aromatic N) is 3. The summed E-state index contributed by atoms with van der Waals surface area (Å²) in [6, 6.07) is 2.63. The topological polar surface area (TPSA) is 50.2 Å². The number of carbonyl (C=O) groups excluding carboxylic acids is 1. The number of rotatable bonds is 3. The van der Waals surface area contributed by atoms with Gasteiger partial charge in [0, 0.05) is 44.5 Å². The number of carbonyl (C=O) groups is 1. The molecule has 0 saturated carbocycles. The predicted octanol–water partition coefficient (Wildman–Crippen LogP) is 1.34. The van der Waals surface area contributed by atoms with Crippen LogP contribution in [0.25, 0.3) is 0 Å². The Morgan fingerprint density at radius 2 is 2.33 bits per heavy atom. The van der Waals surface area contributed by atoms with Crippen molar-refractivity contribution in [2.45, 2.75) is 44.6 Å². The van der Waals surface area contributed by atoms with Crippen molar-refractivity contribution in [3.05, 3.63) is 18.0 Å². The smallest absolute Gasteiger partial charge is 0.222 e. The van der Waals surface area contributed by atoms with E-state index in [9.17, 15) is 4.79 Å². The summed E-state index contributed by atoms with van der Waals surface area (Å²) in [5.74, 6) is 0.959. The molecule has 0 unspecified atom stereocenters. The van der Waals surface area contributed by atoms with Gasteiger partial charge in [0.2, 0.25) is 5.91 Å². The van der Waals surface area contributed by atoms with Crippen LogP contribution in [0.4, 0.5) is 0 Å². The average Bonchev–Trinajstić information content (AvgIpc) is 2.76. The van der Waals surface area contributed by atoms with E-state index in [-0.39, 0.29) is 0 Å². The minimum Gasteiger partial charge on any atom is -0.342 e. The lowest BCUT2D eigenvalue weighted by Crippen LogP contribution is -2.50. The van der Waals surface area contributed by atoms with Crippen molar-refractivity contribution < 1.29 is 4.79 Å². The van der Waals surface area contributed by atoms with E-state index >= 15 is 0 Å². The molecule has 2 aliphatic rings. The molecule has 0 aliphatic carbocycles. The summed E-state index contributed by atoms with van der Waals surface area (Å²) in [6.07, 6.45) is 8.14. The molecule has 3 heterocycles. The molecule has 2 fully saturated rings. The molecular weight excluding hydrogens is 264 g/mol. The van der Waals surface area contributed by atoms with Crippen molar-refractivity contribution in [3.8, 4) is 0 Å². The maximum Gasteiger partial charge on any atom is 0.222 e. The quantitative estimate of drug-likeness (QED) is 0.914. The predicted molar refractivity (Wildman–Crippen MR) is 81.9 cm³/mol. The van der Waals surface area contributed by atoms with Crippen LogP contribution in [0, 0.1) is 5.92 Å². The first-order valence-corrected chi connectivity index (χ1v) is 8.22. The van der Waals surface area contributed by atoms with E-state index in [1.807, 2.05) is 17.8 Å². The number of nitrogens with one attached hydrogen (secondary N) is 1. The molecular formula is C16H26N4O. The lowest BCUT2D eigenvalue weighted by molar-refractivity contribution is -0.133. The summed E-state index contributed by atoms with van der Waals surface area (Å²) in [7, 11) is 1.93. The minimum atomic E-state index is 0.305. The largest absolute Gasteiger partial charge is 0.342 e. The first kappa shape index (κ1) is 14.6. The van der Waals surface area contributed by atoms with Gasteiger partial charge in [-0.3, -0.25) is 9.48 Å². The van der Waals surface area contributed by atoms with Gasteiger partial charge in [-0.2, -0.15) is 5.10 Å². The lowest BCUT2D eigenvalue weighted by atomic mass is 9.89. The number of amides is 1. The molecule has 5 heteroatoms. The van der Waals surface area contributed by atoms with Gasteiger partial charge < -0.3 is 10.2 Å². The summed E-state index contributed by atoms with van der Waals surface area (Å²) in [5.41, 5.74) is 1.13. The van der Waals surface area contributed by atoms with Crippen LogP contribution in [0.1, 0.15) is 37.8 Å². The molecule has 21 heavy (non-hydrogen) atoms. The highest BCUT2D eigenvalue weighted by Crippen LogP contribution is 2.25. The molecule has 0 spiro atoms. The van der Waals surface area contributed by atoms with Crippen molar-refractivity contribution in [2.24, 2.45) is 13.0 Å². The Balaban J connectivity index is 1.52. The van der Waals surface area contributed by atoms with E-state index < -0.39 is 0 Å². The second kappa shape index (κ2) is 6.60. The normalized spacial score (nSPS) is 26.2. The van der Waals surface area contributed by atoms with E-state index in [2.05, 4.69) is 15.3 Å². The van der Waals surface area contributed by atoms with Gasteiger partial charge in [0.15, 0.2) is 0 Å². The Bertz CT molecular complexity index is 484. The second-order valence-corrected chi connectivity index (χ2v) is 6.39. The molecule has 1 amide bonds. The zero-order chi connectivity index (χ0) is 14.7. The van der Waals surface area contributed by atoms with Crippen LogP contribution < -0.4 is 5.32 Å². The molecule has 0 radical (unpaired) electrons. The zero-order valence-corrected chi connectivity index (χ0v) is 12.9. The molecule has 5 nitrogen and oxygen atoms in total. The van der Waals surface area contributed by atoms with Crippen LogP contribution in [-0.4, -0.2) is 46.3 Å². The van der Waals surface area contributed by atoms with Gasteiger partial charge in [-0.1, -0.05) is 6.42 Å². The number of fused-ring (bicyclic) bond motifs is 1. The number of likely N-dealkylation sites (tertiary alicyclic amines) is 1. The van der Waals surface area contributed by atoms with Crippen LogP contribution in [0.15, 0.2) is 12.3 Å². The monoisotopic (exact) mass is 290 g/mol. The van der Waals surface area contributed by atoms with Gasteiger partial charge >= 0.3 is 0 Å². The van der Waals surface area contributed by atoms with E-state index in [1.54, 1.807) is 6.20 Å². The van der Waals surface area contributed by atoms with E-state index in [0.717, 1.165) is 38.2 Å². The lowest BCUT2D eigenvalue weighted by Gasteiger charge is -2.38. The van der Waals surface area contributed by atoms with Gasteiger partial charge in [-0.25, -0.2) is 0 Å². The van der Waals surface area contributed by atoms with Crippen LogP contribution >= 0.6 is 0 Å². The standard InChI is InChI=1S/C16H26N4O/c1-19-14(7-10-18-19)5-6-16(21)20-11-8-15-13(12-20)4-2-3-9-17-15/h7,10,13,15,17H,2-6,8-9,11-12H2,1H3/t13-,15-/m1/s1. The maximum absolute atomic E-state index is 12.4. The fourth-order valence-electron chi connectivity index (χ4n) is 3.68. The molecule has 0 aromatic carbocycles. The fraction of sp³-hybridized carbons (Fsp3) is 0.750. The van der Waals surface area contributed by atoms with Crippen molar-refractivity contribution in [1.82, 2.24) is 20.0 Å². The summed E-state index contributed by atoms with van der Waals surface area (Å²) in [5, 5.41) is 7.81. The summed E-state index contributed by atoms with van der Waals surface area (Å²) in [6.45, 7) is 3.01. The first-order valence-electron chi connectivity index (χ1n) is 8.22. The Kier molecular flexibility index (Phi) is 4.58. The SMILES string of the molecule is Cn1nccc1CCC(=O)N1CC[C@H]2NCCCC[C@@H]2C1. The zero-order valence-electron chi connectivity index (χ0n) is 12.9. The fourth-order valence-corrected chi connectivity index (χ4v) is 3.68. The number of aromatic nitrogens is 2. The highest BCUT2D eigenvalue weighted by molar-refractivity contribution is 5.76. The van der Waals surface area contributed by atoms with Crippen LogP contribution in [-0.2, 0) is 18.3 Å². The Morgan fingerprint density at radius 1 is 1.43 bits per heavy atom. The highest BCUT2D eigenvalue weighted by Gasteiger charge is 2.31. The Hall–Kier alpha value is -1.36. The van der Waals surface area contributed by atoms with Crippen molar-refractivity contribution in [3.63, 3.8) is 0 Å². The van der Waals surface area contributed by atoms with E-state index in [1.165, 1.54) is 19.3 Å². The molecule has 116 valence electrons. The van der Waals surface area contributed by atoms with Crippen molar-refractivity contribution >= 4 is 5.91 Å². The number of hydrogen-bond donors (Lipinski definition) is 1. The minimum absolute atomic E-state index is 0.305. The molecule has 2 atom stereocenters. The van der Waals surface area contributed by atoms with E-state index in [0.29, 0.717) is 24.3 Å². The third-order valence-corrected chi connectivity index (χ3v) is 5.01. The first-order chi connectivity index (χ1) is 10.2. The van der Waals surface area contributed by atoms with Crippen molar-refractivity contribution in [2.75, 3.05) is 19.6 Å². The van der Waals surface area contributed by atoms with E-state index in [4.69, 9.17) is 0 Å². The molecule has 1 aromatic heterocycles. The van der Waals surface area contributed by atoms with Gasteiger partial charge in [0.25, 0.3) is 0 Å². The average molecular weight is 290 g/mol. The van der Waals surface area contributed by atoms with Gasteiger partial charge in [0.05, 0.1) is 0 Å². The van der Waals surface area contributed by atoms with Gasteiger partial charge in [-0.15, -0.1) is 0 Å². The molecule has 2 aliphatic heterocycles. The van der Waals surface area contributed by atoms with Gasteiger partial charge in [-0.05, 0) is 44.2 Å². The number of piperidine rings is 1. The summed E-state index contributed by atoms with van der Waals surface area (Å²) in [4.78, 5) is 14.5. The highest BCUT2D eigenvalue weighted by atomic mass is 16.2. The third kappa shape index (κ3) is 3.46. The third-order valence-electron chi connectivity index (χ3n) is 5.01. The molecule has 1 N–H and O–H groups in total. The Labute approximate surface area is 126 Å². The second-order valence-electron chi connectivity index (χ2n) is 6.39. The molecule has 2 saturated heterocycles. The van der Waals surface area contributed by atoms with Crippen LogP contribution in [0.3, 0.4) is 0 Å². The number of aryl methyl sites for hydroxylation is 2. The summed E-state index contributed by atoms with van der Waals surface area (Å²) >= 11 is 0. The number of hydrogen-bond acceptors (Lipinski definition) is 3. The van der Waals surface area contributed by atoms with Gasteiger partial charge in [0.1, 0.15) is 0 Å². The molecule has 0 bridgehead atoms. The van der Waals surface area contributed by atoms with Crippen LogP contribution in [0.5, 0.6) is 0 Å². The molecule has 1 aromatic rings.